The van der Waals surface area contributed by atoms with Gasteiger partial charge in [-0.3, -0.25) is 4.99 Å². The summed E-state index contributed by atoms with van der Waals surface area (Å²) in [6.07, 6.45) is 0. The van der Waals surface area contributed by atoms with Gasteiger partial charge >= 0.3 is 0 Å². The Bertz CT molecular complexity index is 1060. The van der Waals surface area contributed by atoms with Crippen LogP contribution in [0.2, 0.25) is 0 Å². The normalized spacial score (nSPS) is 12.4. The summed E-state index contributed by atoms with van der Waals surface area (Å²) in [5, 5.41) is 0. The van der Waals surface area contributed by atoms with Crippen molar-refractivity contribution >= 4 is 22.8 Å². The van der Waals surface area contributed by atoms with Gasteiger partial charge in [-0.2, -0.15) is 0 Å². The van der Waals surface area contributed by atoms with Gasteiger partial charge in [0.15, 0.2) is 11.6 Å². The Kier molecular flexibility index (Phi) is 5.73. The highest BCUT2D eigenvalue weighted by atomic mass is 19.1. The Morgan fingerprint density at radius 1 is 0.786 bits per heavy atom. The number of hydrogen-bond acceptors (Lipinski definition) is 3. The molecule has 0 fully saturated rings. The average molecular weight is 377 g/mol. The molecule has 0 spiro atoms. The van der Waals surface area contributed by atoms with E-state index in [1.165, 1.54) is 18.2 Å². The molecule has 0 amide bonds. The third-order valence-corrected chi connectivity index (χ3v) is 4.36. The van der Waals surface area contributed by atoms with Gasteiger partial charge in [-0.1, -0.05) is 24.3 Å². The van der Waals surface area contributed by atoms with Crippen LogP contribution in [0, 0.1) is 25.5 Å². The van der Waals surface area contributed by atoms with E-state index in [1.807, 2.05) is 51.1 Å². The second-order valence-electron chi connectivity index (χ2n) is 6.66. The standard InChI is InChI=1S/C23H21F2N3/c1-14-11-12-15(2)22(13-14)26-16(3)20-9-6-10-21(28-20)17(4)27-23-18(24)7-5-8-19(23)25/h5-13H,1-4H3. The van der Waals surface area contributed by atoms with E-state index in [0.29, 0.717) is 17.1 Å². The first-order valence-electron chi connectivity index (χ1n) is 8.95. The number of aliphatic imine (C=N–C) groups is 2. The number of pyridine rings is 1. The van der Waals surface area contributed by atoms with Gasteiger partial charge in [-0.05, 0) is 69.2 Å². The van der Waals surface area contributed by atoms with Crippen molar-refractivity contribution in [3.63, 3.8) is 0 Å². The van der Waals surface area contributed by atoms with Crippen LogP contribution < -0.4 is 0 Å². The molecule has 0 aliphatic carbocycles. The molecule has 0 radical (unpaired) electrons. The Balaban J connectivity index is 1.97. The number of aryl methyl sites for hydroxylation is 2. The van der Waals surface area contributed by atoms with E-state index in [-0.39, 0.29) is 5.69 Å². The number of hydrogen-bond donors (Lipinski definition) is 0. The predicted molar refractivity (Wildman–Crippen MR) is 110 cm³/mol. The number of halogens is 2. The highest BCUT2D eigenvalue weighted by molar-refractivity contribution is 6.02. The van der Waals surface area contributed by atoms with Crippen molar-refractivity contribution in [2.45, 2.75) is 27.7 Å². The van der Waals surface area contributed by atoms with E-state index >= 15 is 0 Å². The summed E-state index contributed by atoms with van der Waals surface area (Å²) in [5.74, 6) is -1.41. The van der Waals surface area contributed by atoms with Crippen molar-refractivity contribution in [1.82, 2.24) is 4.98 Å². The fraction of sp³-hybridized carbons (Fsp3) is 0.174. The Morgan fingerprint density at radius 2 is 1.36 bits per heavy atom. The van der Waals surface area contributed by atoms with Gasteiger partial charge in [0, 0.05) is 0 Å². The van der Waals surface area contributed by atoms with Gasteiger partial charge in [0.2, 0.25) is 0 Å². The second kappa shape index (κ2) is 8.21. The summed E-state index contributed by atoms with van der Waals surface area (Å²) in [7, 11) is 0. The summed E-state index contributed by atoms with van der Waals surface area (Å²) in [6, 6.07) is 15.2. The molecule has 3 nitrogen and oxygen atoms in total. The van der Waals surface area contributed by atoms with Crippen molar-refractivity contribution in [2.24, 2.45) is 9.98 Å². The zero-order chi connectivity index (χ0) is 20.3. The third-order valence-electron chi connectivity index (χ3n) is 4.36. The molecule has 3 rings (SSSR count). The van der Waals surface area contributed by atoms with Crippen LogP contribution in [0.25, 0.3) is 0 Å². The fourth-order valence-electron chi connectivity index (χ4n) is 2.74. The summed E-state index contributed by atoms with van der Waals surface area (Å²) in [6.45, 7) is 7.59. The van der Waals surface area contributed by atoms with Crippen LogP contribution in [0.3, 0.4) is 0 Å². The minimum absolute atomic E-state index is 0.312. The van der Waals surface area contributed by atoms with Crippen LogP contribution in [0.5, 0.6) is 0 Å². The molecule has 5 heteroatoms. The van der Waals surface area contributed by atoms with Crippen molar-refractivity contribution in [2.75, 3.05) is 0 Å². The smallest absolute Gasteiger partial charge is 0.151 e. The summed E-state index contributed by atoms with van der Waals surface area (Å²) in [5.41, 5.74) is 5.18. The maximum atomic E-state index is 13.9. The Morgan fingerprint density at radius 3 is 2.00 bits per heavy atom. The Labute approximate surface area is 163 Å². The minimum Gasteiger partial charge on any atom is -0.251 e. The molecular weight excluding hydrogens is 356 g/mol. The van der Waals surface area contributed by atoms with E-state index in [9.17, 15) is 8.78 Å². The molecule has 0 aliphatic heterocycles. The summed E-state index contributed by atoms with van der Waals surface area (Å²) < 4.78 is 27.7. The molecule has 0 unspecified atom stereocenters. The topological polar surface area (TPSA) is 37.6 Å². The monoisotopic (exact) mass is 377 g/mol. The molecule has 0 saturated carbocycles. The number of nitrogens with zero attached hydrogens (tertiary/aromatic N) is 3. The zero-order valence-electron chi connectivity index (χ0n) is 16.3. The van der Waals surface area contributed by atoms with Gasteiger partial charge in [0.05, 0.1) is 28.5 Å². The first-order valence-corrected chi connectivity index (χ1v) is 8.95. The van der Waals surface area contributed by atoms with Gasteiger partial charge in [-0.25, -0.2) is 18.8 Å². The molecule has 0 N–H and O–H groups in total. The van der Waals surface area contributed by atoms with Crippen molar-refractivity contribution < 1.29 is 8.78 Å². The first kappa shape index (κ1) is 19.5. The molecule has 3 aromatic rings. The molecule has 1 aromatic heterocycles. The van der Waals surface area contributed by atoms with Gasteiger partial charge in [0.1, 0.15) is 5.69 Å². The van der Waals surface area contributed by atoms with E-state index in [2.05, 4.69) is 9.98 Å². The van der Waals surface area contributed by atoms with E-state index < -0.39 is 11.6 Å². The minimum atomic E-state index is -0.705. The lowest BCUT2D eigenvalue weighted by molar-refractivity contribution is 0.587. The highest BCUT2D eigenvalue weighted by Gasteiger charge is 2.10. The first-order chi connectivity index (χ1) is 13.3. The molecular formula is C23H21F2N3. The lowest BCUT2D eigenvalue weighted by Crippen LogP contribution is -2.05. The lowest BCUT2D eigenvalue weighted by Gasteiger charge is -2.07. The van der Waals surface area contributed by atoms with Crippen LogP contribution in [0.4, 0.5) is 20.2 Å². The van der Waals surface area contributed by atoms with E-state index in [1.54, 1.807) is 13.0 Å². The van der Waals surface area contributed by atoms with Gasteiger partial charge in [0.25, 0.3) is 0 Å². The number of rotatable bonds is 4. The third kappa shape index (κ3) is 4.36. The zero-order valence-corrected chi connectivity index (χ0v) is 16.3. The predicted octanol–water partition coefficient (Wildman–Crippen LogP) is 6.26. The van der Waals surface area contributed by atoms with Crippen LogP contribution in [0.1, 0.15) is 36.4 Å². The van der Waals surface area contributed by atoms with Crippen LogP contribution in [-0.2, 0) is 0 Å². The maximum Gasteiger partial charge on any atom is 0.151 e. The summed E-state index contributed by atoms with van der Waals surface area (Å²) >= 11 is 0. The quantitative estimate of drug-likeness (QED) is 0.495. The number of para-hydroxylation sites is 1. The number of aromatic nitrogens is 1. The van der Waals surface area contributed by atoms with Gasteiger partial charge < -0.3 is 0 Å². The Hall–Kier alpha value is -3.21. The fourth-order valence-corrected chi connectivity index (χ4v) is 2.74. The average Bonchev–Trinajstić information content (AvgIpc) is 2.67. The van der Waals surface area contributed by atoms with E-state index in [0.717, 1.165) is 22.5 Å². The molecule has 2 aromatic carbocycles. The molecule has 142 valence electrons. The lowest BCUT2D eigenvalue weighted by atomic mass is 10.1. The second-order valence-corrected chi connectivity index (χ2v) is 6.66. The molecule has 0 aliphatic rings. The number of benzene rings is 2. The van der Waals surface area contributed by atoms with Crippen LogP contribution >= 0.6 is 0 Å². The largest absolute Gasteiger partial charge is 0.251 e. The van der Waals surface area contributed by atoms with Crippen molar-refractivity contribution in [3.8, 4) is 0 Å². The molecule has 28 heavy (non-hydrogen) atoms. The molecule has 1 heterocycles. The van der Waals surface area contributed by atoms with Crippen LogP contribution in [0.15, 0.2) is 64.6 Å². The highest BCUT2D eigenvalue weighted by Crippen LogP contribution is 2.23. The molecule has 0 saturated heterocycles. The maximum absolute atomic E-state index is 13.9. The van der Waals surface area contributed by atoms with E-state index in [4.69, 9.17) is 4.99 Å². The molecule has 0 bridgehead atoms. The van der Waals surface area contributed by atoms with Gasteiger partial charge in [-0.15, -0.1) is 0 Å². The van der Waals surface area contributed by atoms with Crippen molar-refractivity contribution in [3.05, 3.63) is 88.7 Å². The molecule has 0 atom stereocenters. The summed E-state index contributed by atoms with van der Waals surface area (Å²) in [4.78, 5) is 13.4. The van der Waals surface area contributed by atoms with Crippen molar-refractivity contribution in [1.29, 1.82) is 0 Å². The SMILES string of the molecule is CC(=Nc1cc(C)ccc1C)c1cccc(C(C)=Nc2c(F)cccc2F)n1. The van der Waals surface area contributed by atoms with Crippen LogP contribution in [-0.4, -0.2) is 16.4 Å².